The van der Waals surface area contributed by atoms with Crippen LogP contribution in [0.15, 0.2) is 0 Å². The fourth-order valence-electron chi connectivity index (χ4n) is 1.55. The molecule has 1 aliphatic rings. The molecule has 3 nitrogen and oxygen atoms in total. The summed E-state index contributed by atoms with van der Waals surface area (Å²) in [6, 6.07) is 0. The normalized spacial score (nSPS) is 25.2. The number of rotatable bonds is 4. The van der Waals surface area contributed by atoms with E-state index in [-0.39, 0.29) is 6.61 Å². The Balaban J connectivity index is 2.04. The summed E-state index contributed by atoms with van der Waals surface area (Å²) < 4.78 is 5.29. The quantitative estimate of drug-likeness (QED) is 0.604. The van der Waals surface area contributed by atoms with Crippen LogP contribution < -0.4 is 5.32 Å². The lowest BCUT2D eigenvalue weighted by Gasteiger charge is -2.13. The Bertz CT molecular complexity index is 101. The van der Waals surface area contributed by atoms with Crippen LogP contribution in [-0.4, -0.2) is 38.0 Å². The summed E-state index contributed by atoms with van der Waals surface area (Å²) >= 11 is 0. The van der Waals surface area contributed by atoms with Crippen molar-refractivity contribution in [1.29, 1.82) is 0 Å². The van der Waals surface area contributed by atoms with Crippen molar-refractivity contribution in [2.75, 3.05) is 32.9 Å². The number of aliphatic hydroxyl groups excluding tert-OH is 1. The molecule has 0 saturated carbocycles. The molecule has 0 spiro atoms. The molecule has 3 heteroatoms. The van der Waals surface area contributed by atoms with E-state index in [1.54, 1.807) is 0 Å². The first kappa shape index (κ1) is 9.96. The fraction of sp³-hybridized carbons (Fsp3) is 1.00. The van der Waals surface area contributed by atoms with Crippen molar-refractivity contribution in [3.8, 4) is 0 Å². The van der Waals surface area contributed by atoms with Gasteiger partial charge < -0.3 is 15.2 Å². The van der Waals surface area contributed by atoms with Gasteiger partial charge in [0, 0.05) is 6.54 Å². The molecule has 0 amide bonds. The number of nitrogens with one attached hydrogen (secondary N) is 1. The van der Waals surface area contributed by atoms with Gasteiger partial charge in [0.2, 0.25) is 0 Å². The molecule has 0 aliphatic carbocycles. The SMILES string of the molecule is OCCOCC1CCCCNC1. The molecular formula is C9H19NO2. The molecule has 72 valence electrons. The molecule has 2 N–H and O–H groups in total. The first-order valence-corrected chi connectivity index (χ1v) is 4.83. The summed E-state index contributed by atoms with van der Waals surface area (Å²) in [7, 11) is 0. The van der Waals surface area contributed by atoms with Gasteiger partial charge in [-0.1, -0.05) is 6.42 Å². The van der Waals surface area contributed by atoms with Crippen molar-refractivity contribution < 1.29 is 9.84 Å². The second kappa shape index (κ2) is 6.40. The lowest BCUT2D eigenvalue weighted by atomic mass is 10.1. The summed E-state index contributed by atoms with van der Waals surface area (Å²) in [5, 5.41) is 11.9. The molecule has 1 unspecified atom stereocenters. The van der Waals surface area contributed by atoms with E-state index in [1.165, 1.54) is 19.3 Å². The van der Waals surface area contributed by atoms with E-state index in [9.17, 15) is 0 Å². The van der Waals surface area contributed by atoms with E-state index in [2.05, 4.69) is 5.32 Å². The number of ether oxygens (including phenoxy) is 1. The van der Waals surface area contributed by atoms with E-state index < -0.39 is 0 Å². The van der Waals surface area contributed by atoms with Crippen molar-refractivity contribution in [1.82, 2.24) is 5.32 Å². The van der Waals surface area contributed by atoms with Gasteiger partial charge in [0.15, 0.2) is 0 Å². The molecular weight excluding hydrogens is 154 g/mol. The molecule has 0 aromatic heterocycles. The van der Waals surface area contributed by atoms with E-state index in [0.29, 0.717) is 12.5 Å². The van der Waals surface area contributed by atoms with Crippen molar-refractivity contribution in [3.63, 3.8) is 0 Å². The van der Waals surface area contributed by atoms with Crippen LogP contribution in [0.4, 0.5) is 0 Å². The Morgan fingerprint density at radius 3 is 3.17 bits per heavy atom. The van der Waals surface area contributed by atoms with Crippen LogP contribution in [0.3, 0.4) is 0 Å². The minimum atomic E-state index is 0.139. The maximum Gasteiger partial charge on any atom is 0.0697 e. The van der Waals surface area contributed by atoms with Gasteiger partial charge in [-0.3, -0.25) is 0 Å². The number of hydrogen-bond donors (Lipinski definition) is 2. The van der Waals surface area contributed by atoms with E-state index in [1.807, 2.05) is 0 Å². The average Bonchev–Trinajstić information content (AvgIpc) is 2.33. The molecule has 0 aromatic rings. The third-order valence-electron chi connectivity index (χ3n) is 2.24. The highest BCUT2D eigenvalue weighted by Gasteiger charge is 2.11. The lowest BCUT2D eigenvalue weighted by molar-refractivity contribution is 0.0666. The van der Waals surface area contributed by atoms with Gasteiger partial charge in [0.25, 0.3) is 0 Å². The molecule has 1 atom stereocenters. The summed E-state index contributed by atoms with van der Waals surface area (Å²) in [5.74, 6) is 0.652. The van der Waals surface area contributed by atoms with Gasteiger partial charge in [-0.05, 0) is 25.3 Å². The molecule has 1 heterocycles. The summed E-state index contributed by atoms with van der Waals surface area (Å²) in [4.78, 5) is 0. The van der Waals surface area contributed by atoms with Crippen LogP contribution in [0.25, 0.3) is 0 Å². The van der Waals surface area contributed by atoms with Crippen LogP contribution >= 0.6 is 0 Å². The molecule has 1 aliphatic heterocycles. The highest BCUT2D eigenvalue weighted by Crippen LogP contribution is 2.10. The topological polar surface area (TPSA) is 41.5 Å². The van der Waals surface area contributed by atoms with Crippen molar-refractivity contribution >= 4 is 0 Å². The second-order valence-electron chi connectivity index (χ2n) is 3.36. The van der Waals surface area contributed by atoms with Crippen molar-refractivity contribution in [2.24, 2.45) is 5.92 Å². The highest BCUT2D eigenvalue weighted by atomic mass is 16.5. The molecule has 1 saturated heterocycles. The standard InChI is InChI=1S/C9H19NO2/c11-5-6-12-8-9-3-1-2-4-10-7-9/h9-11H,1-8H2. The molecule has 0 radical (unpaired) electrons. The summed E-state index contributed by atoms with van der Waals surface area (Å²) in [5.41, 5.74) is 0. The highest BCUT2D eigenvalue weighted by molar-refractivity contribution is 4.66. The lowest BCUT2D eigenvalue weighted by Crippen LogP contribution is -2.24. The number of aliphatic hydroxyl groups is 1. The van der Waals surface area contributed by atoms with Crippen LogP contribution in [0, 0.1) is 5.92 Å². The fourth-order valence-corrected chi connectivity index (χ4v) is 1.55. The Labute approximate surface area is 74.1 Å². The third kappa shape index (κ3) is 4.04. The average molecular weight is 173 g/mol. The minimum Gasteiger partial charge on any atom is -0.394 e. The molecule has 0 aromatic carbocycles. The van der Waals surface area contributed by atoms with Crippen LogP contribution in [0.5, 0.6) is 0 Å². The molecule has 1 fully saturated rings. The maximum atomic E-state index is 8.51. The van der Waals surface area contributed by atoms with Gasteiger partial charge in [-0.2, -0.15) is 0 Å². The molecule has 1 rings (SSSR count). The predicted octanol–water partition coefficient (Wildman–Crippen LogP) is 0.385. The van der Waals surface area contributed by atoms with Gasteiger partial charge in [-0.25, -0.2) is 0 Å². The second-order valence-corrected chi connectivity index (χ2v) is 3.36. The number of hydrogen-bond acceptors (Lipinski definition) is 3. The van der Waals surface area contributed by atoms with E-state index in [0.717, 1.165) is 19.7 Å². The van der Waals surface area contributed by atoms with Gasteiger partial charge >= 0.3 is 0 Å². The Hall–Kier alpha value is -0.120. The van der Waals surface area contributed by atoms with Gasteiger partial charge in [0.05, 0.1) is 19.8 Å². The first-order valence-electron chi connectivity index (χ1n) is 4.83. The zero-order valence-corrected chi connectivity index (χ0v) is 7.59. The Kier molecular flexibility index (Phi) is 5.32. The van der Waals surface area contributed by atoms with Gasteiger partial charge in [-0.15, -0.1) is 0 Å². The largest absolute Gasteiger partial charge is 0.394 e. The van der Waals surface area contributed by atoms with Crippen LogP contribution in [0.1, 0.15) is 19.3 Å². The minimum absolute atomic E-state index is 0.139. The summed E-state index contributed by atoms with van der Waals surface area (Å²) in [6.45, 7) is 3.64. The van der Waals surface area contributed by atoms with E-state index >= 15 is 0 Å². The first-order chi connectivity index (χ1) is 5.93. The Morgan fingerprint density at radius 1 is 1.42 bits per heavy atom. The predicted molar refractivity (Wildman–Crippen MR) is 48.1 cm³/mol. The van der Waals surface area contributed by atoms with E-state index in [4.69, 9.17) is 9.84 Å². The Morgan fingerprint density at radius 2 is 2.33 bits per heavy atom. The van der Waals surface area contributed by atoms with Crippen molar-refractivity contribution in [3.05, 3.63) is 0 Å². The zero-order valence-electron chi connectivity index (χ0n) is 7.59. The zero-order chi connectivity index (χ0) is 8.65. The molecule has 12 heavy (non-hydrogen) atoms. The summed E-state index contributed by atoms with van der Waals surface area (Å²) in [6.07, 6.45) is 3.86. The monoisotopic (exact) mass is 173 g/mol. The van der Waals surface area contributed by atoms with Crippen LogP contribution in [-0.2, 0) is 4.74 Å². The molecule has 0 bridgehead atoms. The van der Waals surface area contributed by atoms with Crippen LogP contribution in [0.2, 0.25) is 0 Å². The maximum absolute atomic E-state index is 8.51. The third-order valence-corrected chi connectivity index (χ3v) is 2.24. The smallest absolute Gasteiger partial charge is 0.0697 e. The van der Waals surface area contributed by atoms with Gasteiger partial charge in [0.1, 0.15) is 0 Å². The van der Waals surface area contributed by atoms with Crippen molar-refractivity contribution in [2.45, 2.75) is 19.3 Å².